The molecule has 0 aliphatic carbocycles. The number of carbonyl (C=O) groups is 1. The third-order valence-corrected chi connectivity index (χ3v) is 6.48. The number of hydrogen-bond donors (Lipinski definition) is 2. The fourth-order valence-corrected chi connectivity index (χ4v) is 4.61. The van der Waals surface area contributed by atoms with Crippen molar-refractivity contribution < 1.29 is 9.90 Å². The molecule has 2 aromatic heterocycles. The van der Waals surface area contributed by atoms with E-state index in [1.165, 1.54) is 4.57 Å². The normalized spacial score (nSPS) is 12.0. The summed E-state index contributed by atoms with van der Waals surface area (Å²) in [5, 5.41) is 13.3. The van der Waals surface area contributed by atoms with Crippen LogP contribution in [0.3, 0.4) is 0 Å². The van der Waals surface area contributed by atoms with E-state index in [0.717, 1.165) is 27.8 Å². The van der Waals surface area contributed by atoms with Gasteiger partial charge in [-0.1, -0.05) is 72.1 Å². The molecule has 4 rings (SSSR count). The van der Waals surface area contributed by atoms with Crippen molar-refractivity contribution in [3.05, 3.63) is 99.1 Å². The Morgan fingerprint density at radius 2 is 1.72 bits per heavy atom. The standard InChI is InChI=1S/C30H33N3O3/c1-19-7-9-24(10-8-19)26-25-6-5-12-31-27(25)30(36)33(13-11-20(2)18-34)28(26)29(35)32-17-23-15-21(3)14-22(4)16-23/h5-10,12,14-16,20,34H,11,13,17-18H2,1-4H3,(H,32,35)/t20-/m1/s1. The molecule has 2 aromatic carbocycles. The summed E-state index contributed by atoms with van der Waals surface area (Å²) in [6.45, 7) is 8.66. The van der Waals surface area contributed by atoms with E-state index in [4.69, 9.17) is 0 Å². The highest BCUT2D eigenvalue weighted by atomic mass is 16.3. The molecular formula is C30H33N3O3. The predicted molar refractivity (Wildman–Crippen MR) is 144 cm³/mol. The van der Waals surface area contributed by atoms with E-state index < -0.39 is 0 Å². The fourth-order valence-electron chi connectivity index (χ4n) is 4.61. The summed E-state index contributed by atoms with van der Waals surface area (Å²) >= 11 is 0. The van der Waals surface area contributed by atoms with Gasteiger partial charge in [-0.2, -0.15) is 0 Å². The molecule has 0 aliphatic rings. The van der Waals surface area contributed by atoms with Gasteiger partial charge in [0.25, 0.3) is 11.5 Å². The number of nitrogens with zero attached hydrogens (tertiary/aromatic N) is 2. The number of rotatable bonds is 8. The second kappa shape index (κ2) is 10.9. The van der Waals surface area contributed by atoms with Gasteiger partial charge in [-0.25, -0.2) is 0 Å². The van der Waals surface area contributed by atoms with Crippen molar-refractivity contribution in [3.8, 4) is 11.1 Å². The van der Waals surface area contributed by atoms with Gasteiger partial charge >= 0.3 is 0 Å². The fraction of sp³-hybridized carbons (Fsp3) is 0.300. The zero-order valence-electron chi connectivity index (χ0n) is 21.3. The highest BCUT2D eigenvalue weighted by molar-refractivity contribution is 6.07. The van der Waals surface area contributed by atoms with Crippen molar-refractivity contribution in [2.24, 2.45) is 5.92 Å². The minimum absolute atomic E-state index is 0.00895. The number of aliphatic hydroxyl groups is 1. The summed E-state index contributed by atoms with van der Waals surface area (Å²) in [5.74, 6) is -0.324. The van der Waals surface area contributed by atoms with Crippen LogP contribution in [0.4, 0.5) is 0 Å². The molecule has 0 fully saturated rings. The van der Waals surface area contributed by atoms with Gasteiger partial charge < -0.3 is 15.0 Å². The monoisotopic (exact) mass is 483 g/mol. The molecule has 0 aliphatic heterocycles. The number of fused-ring (bicyclic) bond motifs is 1. The number of amides is 1. The number of nitrogens with one attached hydrogen (secondary N) is 1. The molecule has 0 unspecified atom stereocenters. The van der Waals surface area contributed by atoms with Crippen LogP contribution in [0.1, 0.15) is 46.1 Å². The topological polar surface area (TPSA) is 84.2 Å². The molecule has 36 heavy (non-hydrogen) atoms. The van der Waals surface area contributed by atoms with Crippen LogP contribution in [0.5, 0.6) is 0 Å². The Morgan fingerprint density at radius 3 is 2.39 bits per heavy atom. The number of carbonyl (C=O) groups excluding carboxylic acids is 1. The summed E-state index contributed by atoms with van der Waals surface area (Å²) in [6.07, 6.45) is 2.16. The van der Waals surface area contributed by atoms with E-state index in [1.807, 2.05) is 58.0 Å². The molecule has 0 spiro atoms. The number of benzene rings is 2. The molecule has 0 radical (unpaired) electrons. The number of hydrogen-bond acceptors (Lipinski definition) is 4. The van der Waals surface area contributed by atoms with E-state index in [9.17, 15) is 14.7 Å². The maximum atomic E-state index is 13.8. The molecule has 0 bridgehead atoms. The van der Waals surface area contributed by atoms with E-state index in [1.54, 1.807) is 12.3 Å². The molecule has 6 nitrogen and oxygen atoms in total. The first-order valence-electron chi connectivity index (χ1n) is 12.3. The maximum absolute atomic E-state index is 13.8. The molecular weight excluding hydrogens is 450 g/mol. The Kier molecular flexibility index (Phi) is 7.65. The molecule has 4 aromatic rings. The second-order valence-electron chi connectivity index (χ2n) is 9.70. The van der Waals surface area contributed by atoms with Crippen LogP contribution < -0.4 is 10.9 Å². The van der Waals surface area contributed by atoms with Gasteiger partial charge in [0.2, 0.25) is 0 Å². The minimum Gasteiger partial charge on any atom is -0.396 e. The largest absolute Gasteiger partial charge is 0.396 e. The van der Waals surface area contributed by atoms with Gasteiger partial charge in [0.15, 0.2) is 0 Å². The molecule has 6 heteroatoms. The second-order valence-corrected chi connectivity index (χ2v) is 9.70. The van der Waals surface area contributed by atoms with Crippen LogP contribution in [0, 0.1) is 26.7 Å². The van der Waals surface area contributed by atoms with Crippen molar-refractivity contribution in [2.45, 2.75) is 47.2 Å². The molecule has 186 valence electrons. The van der Waals surface area contributed by atoms with E-state index in [0.29, 0.717) is 41.7 Å². The molecule has 1 amide bonds. The first kappa shape index (κ1) is 25.3. The highest BCUT2D eigenvalue weighted by Gasteiger charge is 2.24. The van der Waals surface area contributed by atoms with Crippen LogP contribution >= 0.6 is 0 Å². The molecule has 0 saturated carbocycles. The van der Waals surface area contributed by atoms with Crippen molar-refractivity contribution >= 4 is 16.8 Å². The average Bonchev–Trinajstić information content (AvgIpc) is 2.86. The van der Waals surface area contributed by atoms with Crippen molar-refractivity contribution in [3.63, 3.8) is 0 Å². The Hall–Kier alpha value is -3.77. The summed E-state index contributed by atoms with van der Waals surface area (Å²) in [6, 6.07) is 17.8. The summed E-state index contributed by atoms with van der Waals surface area (Å²) in [4.78, 5) is 31.8. The van der Waals surface area contributed by atoms with Gasteiger partial charge in [0, 0.05) is 36.8 Å². The molecule has 2 heterocycles. The third-order valence-electron chi connectivity index (χ3n) is 6.48. The van der Waals surface area contributed by atoms with E-state index in [-0.39, 0.29) is 24.0 Å². The molecule has 1 atom stereocenters. The van der Waals surface area contributed by atoms with E-state index in [2.05, 4.69) is 28.5 Å². The number of pyridine rings is 2. The number of aryl methyl sites for hydroxylation is 3. The van der Waals surface area contributed by atoms with Crippen LogP contribution in [0.25, 0.3) is 22.0 Å². The smallest absolute Gasteiger partial charge is 0.277 e. The Morgan fingerprint density at radius 1 is 1.03 bits per heavy atom. The average molecular weight is 484 g/mol. The van der Waals surface area contributed by atoms with Gasteiger partial charge in [0.05, 0.1) is 0 Å². The lowest BCUT2D eigenvalue weighted by molar-refractivity contribution is 0.0940. The summed E-state index contributed by atoms with van der Waals surface area (Å²) in [5.41, 5.74) is 6.25. The first-order chi connectivity index (χ1) is 17.3. The van der Waals surface area contributed by atoms with Crippen molar-refractivity contribution in [2.75, 3.05) is 6.61 Å². The van der Waals surface area contributed by atoms with E-state index >= 15 is 0 Å². The molecule has 0 saturated heterocycles. The lowest BCUT2D eigenvalue weighted by Crippen LogP contribution is -2.34. The SMILES string of the molecule is Cc1ccc(-c2c(C(=O)NCc3cc(C)cc(C)c3)n(CC[C@@H](C)CO)c(=O)c3ncccc23)cc1. The van der Waals surface area contributed by atoms with Crippen LogP contribution in [0.2, 0.25) is 0 Å². The van der Waals surface area contributed by atoms with Gasteiger partial charge in [-0.05, 0) is 50.3 Å². The minimum atomic E-state index is -0.316. The highest BCUT2D eigenvalue weighted by Crippen LogP contribution is 2.31. The number of aliphatic hydroxyl groups excluding tert-OH is 1. The van der Waals surface area contributed by atoms with Gasteiger partial charge in [0.1, 0.15) is 11.2 Å². The van der Waals surface area contributed by atoms with Crippen LogP contribution in [-0.2, 0) is 13.1 Å². The summed E-state index contributed by atoms with van der Waals surface area (Å²) in [7, 11) is 0. The lowest BCUT2D eigenvalue weighted by atomic mass is 9.96. The maximum Gasteiger partial charge on any atom is 0.277 e. The quantitative estimate of drug-likeness (QED) is 0.372. The summed E-state index contributed by atoms with van der Waals surface area (Å²) < 4.78 is 1.54. The predicted octanol–water partition coefficient (Wildman–Crippen LogP) is 4.94. The first-order valence-corrected chi connectivity index (χ1v) is 12.3. The Bertz CT molecular complexity index is 1440. The van der Waals surface area contributed by atoms with Crippen molar-refractivity contribution in [1.82, 2.24) is 14.9 Å². The van der Waals surface area contributed by atoms with Gasteiger partial charge in [-0.3, -0.25) is 14.6 Å². The van der Waals surface area contributed by atoms with Crippen molar-refractivity contribution in [1.29, 1.82) is 0 Å². The van der Waals surface area contributed by atoms with Crippen LogP contribution in [0.15, 0.2) is 65.6 Å². The zero-order chi connectivity index (χ0) is 25.8. The Labute approximate surface area is 211 Å². The number of aromatic nitrogens is 2. The molecule has 2 N–H and O–H groups in total. The lowest BCUT2D eigenvalue weighted by Gasteiger charge is -2.20. The van der Waals surface area contributed by atoms with Crippen LogP contribution in [-0.4, -0.2) is 27.2 Å². The zero-order valence-corrected chi connectivity index (χ0v) is 21.3. The Balaban J connectivity index is 1.89. The third kappa shape index (κ3) is 5.39. The van der Waals surface area contributed by atoms with Gasteiger partial charge in [-0.15, -0.1) is 0 Å².